The van der Waals surface area contributed by atoms with E-state index in [-0.39, 0.29) is 0 Å². The first-order valence-corrected chi connectivity index (χ1v) is 5.78. The van der Waals surface area contributed by atoms with Gasteiger partial charge in [-0.25, -0.2) is 0 Å². The third kappa shape index (κ3) is 19.7. The minimum absolute atomic E-state index is 0.446. The van der Waals surface area contributed by atoms with E-state index in [2.05, 4.69) is 27.7 Å². The van der Waals surface area contributed by atoms with Crippen LogP contribution in [0.4, 0.5) is 0 Å². The fourth-order valence-electron chi connectivity index (χ4n) is 1.35. The van der Waals surface area contributed by atoms with E-state index in [1.807, 2.05) is 0 Å². The Bertz CT molecular complexity index is 132. The Labute approximate surface area is 93.8 Å². The second-order valence-electron chi connectivity index (χ2n) is 3.85. The van der Waals surface area contributed by atoms with Crippen molar-refractivity contribution in [3.63, 3.8) is 0 Å². The minimum atomic E-state index is -0.833. The summed E-state index contributed by atoms with van der Waals surface area (Å²) >= 11 is 0. The maximum absolute atomic E-state index is 9.00. The van der Waals surface area contributed by atoms with Crippen molar-refractivity contribution in [1.29, 1.82) is 0 Å². The summed E-state index contributed by atoms with van der Waals surface area (Å²) < 4.78 is 5.73. The van der Waals surface area contributed by atoms with Crippen LogP contribution in [-0.2, 0) is 9.53 Å². The molecule has 0 fully saturated rings. The number of carboxylic acids is 1. The fourth-order valence-corrected chi connectivity index (χ4v) is 1.35. The fraction of sp³-hybridized carbons (Fsp3) is 0.917. The van der Waals surface area contributed by atoms with Crippen molar-refractivity contribution < 1.29 is 14.6 Å². The third-order valence-electron chi connectivity index (χ3n) is 1.86. The van der Waals surface area contributed by atoms with E-state index in [4.69, 9.17) is 14.6 Å². The number of hydrogen-bond donors (Lipinski definition) is 1. The lowest BCUT2D eigenvalue weighted by Crippen LogP contribution is -2.16. The van der Waals surface area contributed by atoms with Gasteiger partial charge in [-0.1, -0.05) is 26.7 Å². The lowest BCUT2D eigenvalue weighted by atomic mass is 10.2. The second kappa shape index (κ2) is 11.5. The van der Waals surface area contributed by atoms with Crippen LogP contribution in [0.15, 0.2) is 0 Å². The van der Waals surface area contributed by atoms with E-state index in [1.165, 1.54) is 25.7 Å². The van der Waals surface area contributed by atoms with Crippen molar-refractivity contribution >= 4 is 5.97 Å². The molecule has 3 nitrogen and oxygen atoms in total. The molecule has 2 atom stereocenters. The maximum atomic E-state index is 9.00. The smallest absolute Gasteiger partial charge is 0.300 e. The van der Waals surface area contributed by atoms with Crippen LogP contribution >= 0.6 is 0 Å². The average molecular weight is 218 g/mol. The van der Waals surface area contributed by atoms with Crippen LogP contribution in [-0.4, -0.2) is 23.3 Å². The monoisotopic (exact) mass is 218 g/mol. The molecule has 0 saturated carbocycles. The van der Waals surface area contributed by atoms with Crippen LogP contribution < -0.4 is 0 Å². The molecular formula is C12H26O3. The summed E-state index contributed by atoms with van der Waals surface area (Å²) in [6.07, 6.45) is 5.71. The van der Waals surface area contributed by atoms with E-state index >= 15 is 0 Å². The molecular weight excluding hydrogens is 192 g/mol. The third-order valence-corrected chi connectivity index (χ3v) is 1.86. The van der Waals surface area contributed by atoms with Crippen LogP contribution in [0.1, 0.15) is 60.3 Å². The summed E-state index contributed by atoms with van der Waals surface area (Å²) in [5, 5.41) is 7.42. The SMILES string of the molecule is CC(=O)O.CCCC(C)OC(C)CCC. The predicted octanol–water partition coefficient (Wildman–Crippen LogP) is 3.47. The number of hydrogen-bond acceptors (Lipinski definition) is 2. The topological polar surface area (TPSA) is 46.5 Å². The lowest BCUT2D eigenvalue weighted by Gasteiger charge is -2.17. The van der Waals surface area contributed by atoms with Gasteiger partial charge >= 0.3 is 0 Å². The predicted molar refractivity (Wildman–Crippen MR) is 63.1 cm³/mol. The quantitative estimate of drug-likeness (QED) is 0.742. The van der Waals surface area contributed by atoms with E-state index in [0.717, 1.165) is 6.92 Å². The summed E-state index contributed by atoms with van der Waals surface area (Å²) in [4.78, 5) is 9.00. The van der Waals surface area contributed by atoms with Crippen LogP contribution in [0.2, 0.25) is 0 Å². The molecule has 0 amide bonds. The standard InChI is InChI=1S/C10H22O.C2H4O2/c1-5-7-9(3)11-10(4)8-6-2;1-2(3)4/h9-10H,5-8H2,1-4H3;1H3,(H,3,4). The van der Waals surface area contributed by atoms with Gasteiger partial charge < -0.3 is 9.84 Å². The Morgan fingerprint density at radius 3 is 1.60 bits per heavy atom. The zero-order valence-electron chi connectivity index (χ0n) is 10.7. The van der Waals surface area contributed by atoms with Gasteiger partial charge in [0.05, 0.1) is 12.2 Å². The van der Waals surface area contributed by atoms with Crippen molar-refractivity contribution in [2.24, 2.45) is 0 Å². The van der Waals surface area contributed by atoms with Crippen molar-refractivity contribution in [2.45, 2.75) is 72.5 Å². The first kappa shape index (κ1) is 16.8. The van der Waals surface area contributed by atoms with Crippen LogP contribution in [0.5, 0.6) is 0 Å². The van der Waals surface area contributed by atoms with E-state index in [1.54, 1.807) is 0 Å². The van der Waals surface area contributed by atoms with Crippen LogP contribution in [0.25, 0.3) is 0 Å². The minimum Gasteiger partial charge on any atom is -0.481 e. The van der Waals surface area contributed by atoms with E-state index < -0.39 is 5.97 Å². The first-order valence-electron chi connectivity index (χ1n) is 5.78. The normalized spacial score (nSPS) is 13.7. The maximum Gasteiger partial charge on any atom is 0.300 e. The number of carboxylic acid groups (broad SMARTS) is 1. The number of ether oxygens (including phenoxy) is 1. The highest BCUT2D eigenvalue weighted by Crippen LogP contribution is 2.08. The molecule has 15 heavy (non-hydrogen) atoms. The molecule has 0 aromatic carbocycles. The molecule has 0 aromatic heterocycles. The number of rotatable bonds is 6. The average Bonchev–Trinajstić information content (AvgIpc) is 2.03. The summed E-state index contributed by atoms with van der Waals surface area (Å²) in [6.45, 7) is 9.81. The zero-order chi connectivity index (χ0) is 12.3. The Morgan fingerprint density at radius 1 is 1.13 bits per heavy atom. The summed E-state index contributed by atoms with van der Waals surface area (Å²) in [7, 11) is 0. The van der Waals surface area contributed by atoms with E-state index in [9.17, 15) is 0 Å². The van der Waals surface area contributed by atoms with Gasteiger partial charge in [0.2, 0.25) is 0 Å². The number of aliphatic carboxylic acids is 1. The summed E-state index contributed by atoms with van der Waals surface area (Å²) in [6, 6.07) is 0. The molecule has 0 aliphatic carbocycles. The molecule has 0 bridgehead atoms. The van der Waals surface area contributed by atoms with Gasteiger partial charge in [-0.15, -0.1) is 0 Å². The van der Waals surface area contributed by atoms with Crippen LogP contribution in [0.3, 0.4) is 0 Å². The zero-order valence-corrected chi connectivity index (χ0v) is 10.7. The van der Waals surface area contributed by atoms with Crippen molar-refractivity contribution in [1.82, 2.24) is 0 Å². The molecule has 0 rings (SSSR count). The highest BCUT2D eigenvalue weighted by Gasteiger charge is 2.05. The Hall–Kier alpha value is -0.570. The van der Waals surface area contributed by atoms with Crippen molar-refractivity contribution in [3.8, 4) is 0 Å². The van der Waals surface area contributed by atoms with Gasteiger partial charge in [-0.05, 0) is 26.7 Å². The molecule has 1 N–H and O–H groups in total. The number of carbonyl (C=O) groups is 1. The summed E-state index contributed by atoms with van der Waals surface area (Å²) in [5.74, 6) is -0.833. The largest absolute Gasteiger partial charge is 0.481 e. The van der Waals surface area contributed by atoms with Crippen molar-refractivity contribution in [3.05, 3.63) is 0 Å². The Kier molecular flexibility index (Phi) is 12.9. The first-order chi connectivity index (χ1) is 6.93. The summed E-state index contributed by atoms with van der Waals surface area (Å²) in [5.41, 5.74) is 0. The molecule has 0 saturated heterocycles. The van der Waals surface area contributed by atoms with Crippen molar-refractivity contribution in [2.75, 3.05) is 0 Å². The highest BCUT2D eigenvalue weighted by atomic mass is 16.5. The van der Waals surface area contributed by atoms with Gasteiger partial charge in [0.25, 0.3) is 5.97 Å². The Morgan fingerprint density at radius 2 is 1.40 bits per heavy atom. The van der Waals surface area contributed by atoms with Crippen LogP contribution in [0, 0.1) is 0 Å². The molecule has 0 heterocycles. The van der Waals surface area contributed by atoms with Gasteiger partial charge in [0.1, 0.15) is 0 Å². The van der Waals surface area contributed by atoms with Gasteiger partial charge in [0.15, 0.2) is 0 Å². The Balaban J connectivity index is 0. The van der Waals surface area contributed by atoms with Gasteiger partial charge in [-0.2, -0.15) is 0 Å². The lowest BCUT2D eigenvalue weighted by molar-refractivity contribution is -0.134. The molecule has 0 aromatic rings. The molecule has 0 spiro atoms. The highest BCUT2D eigenvalue weighted by molar-refractivity contribution is 5.62. The molecule has 0 aliphatic rings. The molecule has 2 unspecified atom stereocenters. The van der Waals surface area contributed by atoms with Gasteiger partial charge in [0, 0.05) is 6.92 Å². The second-order valence-corrected chi connectivity index (χ2v) is 3.85. The van der Waals surface area contributed by atoms with E-state index in [0.29, 0.717) is 12.2 Å². The molecule has 0 aliphatic heterocycles. The van der Waals surface area contributed by atoms with Gasteiger partial charge in [-0.3, -0.25) is 4.79 Å². The molecule has 0 radical (unpaired) electrons. The molecule has 3 heteroatoms. The molecule has 92 valence electrons.